The van der Waals surface area contributed by atoms with Gasteiger partial charge in [0.2, 0.25) is 0 Å². The molecule has 1 unspecified atom stereocenters. The maximum Gasteiger partial charge on any atom is 0.251 e. The zero-order chi connectivity index (χ0) is 15.4. The minimum absolute atomic E-state index is 0.110. The molecule has 0 aromatic heterocycles. The number of carbonyl (C=O) groups is 1. The summed E-state index contributed by atoms with van der Waals surface area (Å²) in [7, 11) is 0. The predicted molar refractivity (Wildman–Crippen MR) is 82.8 cm³/mol. The second-order valence-electron chi connectivity index (χ2n) is 5.24. The number of aryl methyl sites for hydroxylation is 2. The Balaban J connectivity index is 2.12. The molecule has 0 radical (unpaired) electrons. The van der Waals surface area contributed by atoms with E-state index in [-0.39, 0.29) is 17.8 Å². The van der Waals surface area contributed by atoms with Crippen molar-refractivity contribution in [2.45, 2.75) is 33.2 Å². The summed E-state index contributed by atoms with van der Waals surface area (Å²) in [6.07, 6.45) is 0.903. The van der Waals surface area contributed by atoms with Crippen molar-refractivity contribution in [2.24, 2.45) is 0 Å². The van der Waals surface area contributed by atoms with Crippen molar-refractivity contribution in [2.75, 3.05) is 0 Å². The third kappa shape index (κ3) is 3.69. The Labute approximate surface area is 125 Å². The molecule has 1 amide bonds. The summed E-state index contributed by atoms with van der Waals surface area (Å²) >= 11 is 0. The lowest BCUT2D eigenvalue weighted by atomic mass is 10.0. The number of halogens is 1. The summed E-state index contributed by atoms with van der Waals surface area (Å²) < 4.78 is 12.9. The fraction of sp³-hybridized carbons (Fsp3) is 0.278. The number of hydrogen-bond donors (Lipinski definition) is 1. The van der Waals surface area contributed by atoms with E-state index in [0.717, 1.165) is 12.0 Å². The van der Waals surface area contributed by atoms with Crippen molar-refractivity contribution >= 4 is 5.91 Å². The largest absolute Gasteiger partial charge is 0.346 e. The van der Waals surface area contributed by atoms with Crippen LogP contribution in [-0.4, -0.2) is 5.91 Å². The quantitative estimate of drug-likeness (QED) is 0.896. The van der Waals surface area contributed by atoms with Crippen molar-refractivity contribution in [3.05, 3.63) is 70.5 Å². The summed E-state index contributed by atoms with van der Waals surface area (Å²) in [5.41, 5.74) is 3.91. The maximum absolute atomic E-state index is 12.9. The Morgan fingerprint density at radius 1 is 1.19 bits per heavy atom. The van der Waals surface area contributed by atoms with Crippen LogP contribution >= 0.6 is 0 Å². The first-order chi connectivity index (χ1) is 10.0. The van der Waals surface area contributed by atoms with Crippen LogP contribution in [0.3, 0.4) is 0 Å². The zero-order valence-corrected chi connectivity index (χ0v) is 12.6. The van der Waals surface area contributed by atoms with Crippen molar-refractivity contribution in [3.8, 4) is 0 Å². The van der Waals surface area contributed by atoms with Gasteiger partial charge in [-0.2, -0.15) is 0 Å². The van der Waals surface area contributed by atoms with Crippen LogP contribution in [-0.2, 0) is 6.42 Å². The van der Waals surface area contributed by atoms with E-state index in [1.807, 2.05) is 32.0 Å². The fourth-order valence-corrected chi connectivity index (χ4v) is 2.31. The highest BCUT2D eigenvalue weighted by atomic mass is 19.1. The van der Waals surface area contributed by atoms with E-state index in [1.54, 1.807) is 12.1 Å². The zero-order valence-electron chi connectivity index (χ0n) is 12.6. The maximum atomic E-state index is 12.9. The Kier molecular flexibility index (Phi) is 4.73. The van der Waals surface area contributed by atoms with Crippen molar-refractivity contribution in [3.63, 3.8) is 0 Å². The van der Waals surface area contributed by atoms with Gasteiger partial charge in [-0.15, -0.1) is 0 Å². The highest BCUT2D eigenvalue weighted by Crippen LogP contribution is 2.16. The van der Waals surface area contributed by atoms with Crippen LogP contribution < -0.4 is 5.32 Å². The highest BCUT2D eigenvalue weighted by Gasteiger charge is 2.12. The first-order valence-corrected chi connectivity index (χ1v) is 7.17. The van der Waals surface area contributed by atoms with Crippen LogP contribution in [0.5, 0.6) is 0 Å². The molecule has 0 aliphatic heterocycles. The molecular formula is C18H20FNO. The summed E-state index contributed by atoms with van der Waals surface area (Å²) in [5, 5.41) is 2.94. The first-order valence-electron chi connectivity index (χ1n) is 7.17. The molecule has 1 atom stereocenters. The molecule has 0 aliphatic rings. The molecule has 3 heteroatoms. The van der Waals surface area contributed by atoms with Gasteiger partial charge in [0.05, 0.1) is 6.04 Å². The van der Waals surface area contributed by atoms with Gasteiger partial charge in [-0.25, -0.2) is 4.39 Å². The molecule has 0 heterocycles. The average molecular weight is 285 g/mol. The van der Waals surface area contributed by atoms with Crippen LogP contribution in [0.1, 0.15) is 46.9 Å². The van der Waals surface area contributed by atoms with Gasteiger partial charge in [0.15, 0.2) is 0 Å². The molecule has 0 saturated carbocycles. The molecule has 1 N–H and O–H groups in total. The molecule has 21 heavy (non-hydrogen) atoms. The normalized spacial score (nSPS) is 12.0. The number of amides is 1. The van der Waals surface area contributed by atoms with Gasteiger partial charge in [0, 0.05) is 5.56 Å². The minimum Gasteiger partial charge on any atom is -0.346 e. The first kappa shape index (κ1) is 15.2. The van der Waals surface area contributed by atoms with Crippen LogP contribution in [0, 0.1) is 12.7 Å². The van der Waals surface area contributed by atoms with Crippen molar-refractivity contribution < 1.29 is 9.18 Å². The van der Waals surface area contributed by atoms with Crippen molar-refractivity contribution in [1.29, 1.82) is 0 Å². The van der Waals surface area contributed by atoms with Crippen LogP contribution in [0.15, 0.2) is 42.5 Å². The standard InChI is InChI=1S/C18H20FNO/c1-4-14-11-16(6-5-12(14)2)18(21)20-13(3)15-7-9-17(19)10-8-15/h5-11,13H,4H2,1-3H3,(H,20,21). The summed E-state index contributed by atoms with van der Waals surface area (Å²) in [6.45, 7) is 6.01. The van der Waals surface area contributed by atoms with Gasteiger partial charge in [-0.3, -0.25) is 4.79 Å². The smallest absolute Gasteiger partial charge is 0.251 e. The molecule has 110 valence electrons. The molecule has 2 aromatic rings. The number of hydrogen-bond acceptors (Lipinski definition) is 1. The number of carbonyl (C=O) groups excluding carboxylic acids is 1. The lowest BCUT2D eigenvalue weighted by Gasteiger charge is -2.15. The van der Waals surface area contributed by atoms with Crippen molar-refractivity contribution in [1.82, 2.24) is 5.32 Å². The lowest BCUT2D eigenvalue weighted by molar-refractivity contribution is 0.0940. The van der Waals surface area contributed by atoms with Crippen LogP contribution in [0.25, 0.3) is 0 Å². The van der Waals surface area contributed by atoms with Gasteiger partial charge in [-0.1, -0.05) is 25.1 Å². The Bertz CT molecular complexity index is 634. The van der Waals surface area contributed by atoms with Gasteiger partial charge in [-0.05, 0) is 61.2 Å². The molecular weight excluding hydrogens is 265 g/mol. The van der Waals surface area contributed by atoms with E-state index in [9.17, 15) is 9.18 Å². The second-order valence-corrected chi connectivity index (χ2v) is 5.24. The molecule has 0 saturated heterocycles. The van der Waals surface area contributed by atoms with E-state index in [1.165, 1.54) is 23.3 Å². The highest BCUT2D eigenvalue weighted by molar-refractivity contribution is 5.94. The molecule has 2 aromatic carbocycles. The molecule has 0 bridgehead atoms. The van der Waals surface area contributed by atoms with Gasteiger partial charge in [0.25, 0.3) is 5.91 Å². The summed E-state index contributed by atoms with van der Waals surface area (Å²) in [6, 6.07) is 11.8. The van der Waals surface area contributed by atoms with Gasteiger partial charge >= 0.3 is 0 Å². The second kappa shape index (κ2) is 6.53. The van der Waals surface area contributed by atoms with E-state index >= 15 is 0 Å². The topological polar surface area (TPSA) is 29.1 Å². The third-order valence-electron chi connectivity index (χ3n) is 3.71. The van der Waals surface area contributed by atoms with Gasteiger partial charge in [0.1, 0.15) is 5.82 Å². The number of benzene rings is 2. The average Bonchev–Trinajstić information content (AvgIpc) is 2.48. The molecule has 0 spiro atoms. The third-order valence-corrected chi connectivity index (χ3v) is 3.71. The van der Waals surface area contributed by atoms with E-state index in [4.69, 9.17) is 0 Å². The monoisotopic (exact) mass is 285 g/mol. The fourth-order valence-electron chi connectivity index (χ4n) is 2.31. The minimum atomic E-state index is -0.275. The lowest BCUT2D eigenvalue weighted by Crippen LogP contribution is -2.26. The van der Waals surface area contributed by atoms with E-state index in [2.05, 4.69) is 12.2 Å². The Morgan fingerprint density at radius 2 is 1.86 bits per heavy atom. The van der Waals surface area contributed by atoms with Gasteiger partial charge < -0.3 is 5.32 Å². The summed E-state index contributed by atoms with van der Waals surface area (Å²) in [5.74, 6) is -0.384. The number of nitrogens with one attached hydrogen (secondary N) is 1. The van der Waals surface area contributed by atoms with Crippen LogP contribution in [0.4, 0.5) is 4.39 Å². The Hall–Kier alpha value is -2.16. The number of rotatable bonds is 4. The van der Waals surface area contributed by atoms with E-state index < -0.39 is 0 Å². The Morgan fingerprint density at radius 3 is 2.48 bits per heavy atom. The van der Waals surface area contributed by atoms with Crippen LogP contribution in [0.2, 0.25) is 0 Å². The predicted octanol–water partition coefficient (Wildman–Crippen LogP) is 4.19. The summed E-state index contributed by atoms with van der Waals surface area (Å²) in [4.78, 5) is 12.3. The molecule has 0 fully saturated rings. The molecule has 2 nitrogen and oxygen atoms in total. The van der Waals surface area contributed by atoms with E-state index in [0.29, 0.717) is 5.56 Å². The molecule has 2 rings (SSSR count). The molecule has 0 aliphatic carbocycles. The SMILES string of the molecule is CCc1cc(C(=O)NC(C)c2ccc(F)cc2)ccc1C.